The number of rotatable bonds is 10. The molecule has 10 nitrogen and oxygen atoms in total. The van der Waals surface area contributed by atoms with E-state index < -0.39 is 16.0 Å². The summed E-state index contributed by atoms with van der Waals surface area (Å²) in [7, 11) is -4.08. The number of hydrogen-bond donors (Lipinski definition) is 3. The molecular weight excluding hydrogens is 496 g/mol. The molecule has 1 amide bonds. The Labute approximate surface area is 216 Å². The number of carboxylic acids is 1. The van der Waals surface area contributed by atoms with Gasteiger partial charge < -0.3 is 15.2 Å². The van der Waals surface area contributed by atoms with E-state index in [0.717, 1.165) is 5.56 Å². The van der Waals surface area contributed by atoms with Crippen molar-refractivity contribution in [1.82, 2.24) is 14.5 Å². The van der Waals surface area contributed by atoms with E-state index in [0.29, 0.717) is 12.1 Å². The number of amides is 1. The number of anilines is 1. The van der Waals surface area contributed by atoms with Crippen molar-refractivity contribution >= 4 is 27.6 Å². The Kier molecular flexibility index (Phi) is 8.39. The van der Waals surface area contributed by atoms with E-state index in [2.05, 4.69) is 15.1 Å². The van der Waals surface area contributed by atoms with Crippen molar-refractivity contribution < 1.29 is 27.9 Å². The molecule has 1 atom stereocenters. The van der Waals surface area contributed by atoms with Crippen LogP contribution in [-0.2, 0) is 14.8 Å². The molecule has 37 heavy (non-hydrogen) atoms. The van der Waals surface area contributed by atoms with Crippen molar-refractivity contribution in [2.24, 2.45) is 5.92 Å². The largest absolute Gasteiger partial charge is 0.476 e. The van der Waals surface area contributed by atoms with E-state index >= 15 is 0 Å². The van der Waals surface area contributed by atoms with Crippen LogP contribution in [-0.4, -0.2) is 41.2 Å². The molecule has 0 fully saturated rings. The maximum absolute atomic E-state index is 13.4. The van der Waals surface area contributed by atoms with Gasteiger partial charge in [0.05, 0.1) is 5.69 Å². The van der Waals surface area contributed by atoms with E-state index in [4.69, 9.17) is 4.74 Å². The minimum Gasteiger partial charge on any atom is -0.476 e. The molecule has 0 bridgehead atoms. The SMILES string of the molecule is CCC(C)NS(=O)(=O)c1cc(NC(=O)C(C)C)ccc1Oc1c(C)c(C(=O)O)nn1-c1ccc(C)cc1. The highest BCUT2D eigenvalue weighted by molar-refractivity contribution is 7.89. The van der Waals surface area contributed by atoms with Crippen LogP contribution in [0.25, 0.3) is 5.69 Å². The van der Waals surface area contributed by atoms with E-state index in [-0.39, 0.29) is 51.3 Å². The van der Waals surface area contributed by atoms with Crippen molar-refractivity contribution in [3.05, 3.63) is 59.3 Å². The number of aryl methyl sites for hydroxylation is 1. The van der Waals surface area contributed by atoms with Crippen LogP contribution in [0.3, 0.4) is 0 Å². The van der Waals surface area contributed by atoms with Gasteiger partial charge in [0.25, 0.3) is 0 Å². The van der Waals surface area contributed by atoms with Crippen LogP contribution in [0.2, 0.25) is 0 Å². The first-order chi connectivity index (χ1) is 17.3. The quantitative estimate of drug-likeness (QED) is 0.348. The molecule has 2 aromatic carbocycles. The second-order valence-corrected chi connectivity index (χ2v) is 10.9. The molecule has 11 heteroatoms. The zero-order valence-corrected chi connectivity index (χ0v) is 22.5. The molecule has 3 aromatic rings. The first-order valence-electron chi connectivity index (χ1n) is 11.9. The van der Waals surface area contributed by atoms with Gasteiger partial charge in [-0.05, 0) is 57.5 Å². The molecule has 1 unspecified atom stereocenters. The topological polar surface area (TPSA) is 140 Å². The van der Waals surface area contributed by atoms with Gasteiger partial charge >= 0.3 is 5.97 Å². The average Bonchev–Trinajstić information content (AvgIpc) is 3.16. The summed E-state index contributed by atoms with van der Waals surface area (Å²) >= 11 is 0. The number of carbonyl (C=O) groups is 2. The second-order valence-electron chi connectivity index (χ2n) is 9.17. The van der Waals surface area contributed by atoms with Crippen molar-refractivity contribution in [1.29, 1.82) is 0 Å². The molecule has 1 heterocycles. The maximum Gasteiger partial charge on any atom is 0.356 e. The third-order valence-electron chi connectivity index (χ3n) is 5.75. The number of aromatic carboxylic acids is 1. The molecule has 3 rings (SSSR count). The Hall–Kier alpha value is -3.70. The summed E-state index contributed by atoms with van der Waals surface area (Å²) in [4.78, 5) is 23.9. The van der Waals surface area contributed by atoms with Crippen LogP contribution in [0.5, 0.6) is 11.6 Å². The summed E-state index contributed by atoms with van der Waals surface area (Å²) in [5.41, 5.74) is 1.82. The Morgan fingerprint density at radius 3 is 2.30 bits per heavy atom. The second kappa shape index (κ2) is 11.1. The molecule has 0 saturated heterocycles. The fourth-order valence-corrected chi connectivity index (χ4v) is 4.83. The Morgan fingerprint density at radius 1 is 1.08 bits per heavy atom. The fraction of sp³-hybridized carbons (Fsp3) is 0.346. The smallest absolute Gasteiger partial charge is 0.356 e. The minimum atomic E-state index is -4.08. The molecule has 0 radical (unpaired) electrons. The Balaban J connectivity index is 2.17. The van der Waals surface area contributed by atoms with Gasteiger partial charge in [-0.15, -0.1) is 0 Å². The number of nitrogens with zero attached hydrogens (tertiary/aromatic N) is 2. The lowest BCUT2D eigenvalue weighted by Gasteiger charge is -2.18. The molecule has 1 aromatic heterocycles. The average molecular weight is 529 g/mol. The molecule has 0 aliphatic rings. The van der Waals surface area contributed by atoms with E-state index in [1.165, 1.54) is 22.9 Å². The number of benzene rings is 2. The van der Waals surface area contributed by atoms with Gasteiger partial charge in [-0.3, -0.25) is 4.79 Å². The summed E-state index contributed by atoms with van der Waals surface area (Å²) in [6, 6.07) is 11.1. The molecule has 0 saturated carbocycles. The third-order valence-corrected chi connectivity index (χ3v) is 7.36. The van der Waals surface area contributed by atoms with E-state index in [1.54, 1.807) is 39.8 Å². The number of carboxylic acid groups (broad SMARTS) is 1. The monoisotopic (exact) mass is 528 g/mol. The van der Waals surface area contributed by atoms with Gasteiger partial charge in [0, 0.05) is 23.2 Å². The lowest BCUT2D eigenvalue weighted by atomic mass is 10.2. The first kappa shape index (κ1) is 27.9. The Morgan fingerprint density at radius 2 is 1.73 bits per heavy atom. The standard InChI is InChI=1S/C26H32N4O6S/c1-7-17(5)29-37(34,35)22-14-19(27-24(31)15(2)3)10-13-21(22)36-25-18(6)23(26(32)33)28-30(25)20-11-8-16(4)9-12-20/h8-15,17,29H,7H2,1-6H3,(H,27,31)(H,32,33). The summed E-state index contributed by atoms with van der Waals surface area (Å²) in [5, 5.41) is 16.6. The van der Waals surface area contributed by atoms with Crippen molar-refractivity contribution in [3.8, 4) is 17.3 Å². The number of ether oxygens (including phenoxy) is 1. The molecule has 3 N–H and O–H groups in total. The van der Waals surface area contributed by atoms with Crippen LogP contribution in [0, 0.1) is 19.8 Å². The predicted molar refractivity (Wildman–Crippen MR) is 140 cm³/mol. The summed E-state index contributed by atoms with van der Waals surface area (Å²) < 4.78 is 36.7. The highest BCUT2D eigenvalue weighted by atomic mass is 32.2. The number of hydrogen-bond acceptors (Lipinski definition) is 6. The van der Waals surface area contributed by atoms with Crippen LogP contribution in [0.4, 0.5) is 5.69 Å². The number of nitrogens with one attached hydrogen (secondary N) is 2. The van der Waals surface area contributed by atoms with Crippen molar-refractivity contribution in [3.63, 3.8) is 0 Å². The van der Waals surface area contributed by atoms with Gasteiger partial charge in [0.1, 0.15) is 10.6 Å². The Bertz CT molecular complexity index is 1410. The van der Waals surface area contributed by atoms with Gasteiger partial charge in [-0.2, -0.15) is 9.78 Å². The van der Waals surface area contributed by atoms with Gasteiger partial charge in [-0.1, -0.05) is 38.5 Å². The summed E-state index contributed by atoms with van der Waals surface area (Å²) in [6.07, 6.45) is 0.556. The van der Waals surface area contributed by atoms with Gasteiger partial charge in [0.15, 0.2) is 5.69 Å². The molecule has 198 valence electrons. The minimum absolute atomic E-state index is 0.0494. The summed E-state index contributed by atoms with van der Waals surface area (Å²) in [6.45, 7) is 10.5. The van der Waals surface area contributed by atoms with Gasteiger partial charge in [0.2, 0.25) is 21.8 Å². The molecule has 0 aliphatic heterocycles. The van der Waals surface area contributed by atoms with Gasteiger partial charge in [-0.25, -0.2) is 17.9 Å². The summed E-state index contributed by atoms with van der Waals surface area (Å²) in [5.74, 6) is -1.82. The van der Waals surface area contributed by atoms with Crippen molar-refractivity contribution in [2.75, 3.05) is 5.32 Å². The normalized spacial score (nSPS) is 12.4. The first-order valence-corrected chi connectivity index (χ1v) is 13.4. The van der Waals surface area contributed by atoms with E-state index in [1.807, 2.05) is 26.0 Å². The molecule has 0 spiro atoms. The fourth-order valence-electron chi connectivity index (χ4n) is 3.35. The van der Waals surface area contributed by atoms with Crippen LogP contribution < -0.4 is 14.8 Å². The highest BCUT2D eigenvalue weighted by Gasteiger charge is 2.27. The maximum atomic E-state index is 13.4. The van der Waals surface area contributed by atoms with E-state index in [9.17, 15) is 23.1 Å². The zero-order chi connectivity index (χ0) is 27.5. The number of sulfonamides is 1. The molecular formula is C26H32N4O6S. The lowest BCUT2D eigenvalue weighted by Crippen LogP contribution is -2.32. The van der Waals surface area contributed by atoms with Crippen LogP contribution >= 0.6 is 0 Å². The highest BCUT2D eigenvalue weighted by Crippen LogP contribution is 2.35. The zero-order valence-electron chi connectivity index (χ0n) is 21.7. The number of aromatic nitrogens is 2. The van der Waals surface area contributed by atoms with Crippen LogP contribution in [0.15, 0.2) is 47.4 Å². The lowest BCUT2D eigenvalue weighted by molar-refractivity contribution is -0.118. The van der Waals surface area contributed by atoms with Crippen molar-refractivity contribution in [2.45, 2.75) is 58.9 Å². The number of carbonyl (C=O) groups excluding carboxylic acids is 1. The predicted octanol–water partition coefficient (Wildman–Crippen LogP) is 4.65. The third kappa shape index (κ3) is 6.36. The van der Waals surface area contributed by atoms with Crippen LogP contribution in [0.1, 0.15) is 55.7 Å². The molecule has 0 aliphatic carbocycles.